The molecule has 4 aliphatic rings. The molecule has 4 saturated carbocycles. The Balaban J connectivity index is 1.11. The molecule has 42 heavy (non-hydrogen) atoms. The predicted octanol–water partition coefficient (Wildman–Crippen LogP) is 7.96. The van der Waals surface area contributed by atoms with Crippen molar-refractivity contribution in [3.8, 4) is 11.3 Å². The first-order valence-electron chi connectivity index (χ1n) is 14.2. The molecule has 4 aliphatic carbocycles. The molecule has 2 bridgehead atoms. The van der Waals surface area contributed by atoms with Crippen molar-refractivity contribution in [3.63, 3.8) is 0 Å². The van der Waals surface area contributed by atoms with E-state index in [-0.39, 0.29) is 23.6 Å². The molecule has 0 saturated heterocycles. The van der Waals surface area contributed by atoms with Gasteiger partial charge in [0.2, 0.25) is 0 Å². The minimum Gasteiger partial charge on any atom is -0.478 e. The zero-order valence-corrected chi connectivity index (χ0v) is 25.0. The van der Waals surface area contributed by atoms with Crippen LogP contribution >= 0.6 is 34.5 Å². The number of carboxylic acids is 1. The summed E-state index contributed by atoms with van der Waals surface area (Å²) in [6, 6.07) is 7.78. The molecule has 8 rings (SSSR count). The van der Waals surface area contributed by atoms with E-state index < -0.39 is 28.4 Å². The van der Waals surface area contributed by atoms with Crippen molar-refractivity contribution in [3.05, 3.63) is 68.1 Å². The minimum atomic E-state index is -1.22. The summed E-state index contributed by atoms with van der Waals surface area (Å²) in [6.45, 7) is 2.38. The average Bonchev–Trinajstić information content (AvgIpc) is 3.78. The first kappa shape index (κ1) is 27.0. The summed E-state index contributed by atoms with van der Waals surface area (Å²) in [6.07, 6.45) is 4.99. The van der Waals surface area contributed by atoms with E-state index in [1.165, 1.54) is 17.4 Å². The van der Waals surface area contributed by atoms with E-state index in [0.717, 1.165) is 43.1 Å². The molecule has 2 N–H and O–H groups in total. The van der Waals surface area contributed by atoms with Gasteiger partial charge in [0, 0.05) is 22.5 Å². The lowest BCUT2D eigenvalue weighted by molar-refractivity contribution is -0.176. The van der Waals surface area contributed by atoms with Gasteiger partial charge in [0.25, 0.3) is 0 Å². The van der Waals surface area contributed by atoms with Gasteiger partial charge >= 0.3 is 5.97 Å². The second-order valence-corrected chi connectivity index (χ2v) is 14.6. The Labute approximate surface area is 254 Å². The Bertz CT molecular complexity index is 1780. The number of fused-ring (bicyclic) bond motifs is 2. The lowest BCUT2D eigenvalue weighted by atomic mass is 9.64. The van der Waals surface area contributed by atoms with Gasteiger partial charge in [0.1, 0.15) is 27.6 Å². The highest BCUT2D eigenvalue weighted by Gasteiger charge is 2.79. The third-order valence-electron chi connectivity index (χ3n) is 10.1. The zero-order valence-electron chi connectivity index (χ0n) is 22.6. The highest BCUT2D eigenvalue weighted by molar-refractivity contribution is 7.18. The van der Waals surface area contributed by atoms with Crippen LogP contribution in [0.15, 0.2) is 34.9 Å². The lowest BCUT2D eigenvalue weighted by Gasteiger charge is -2.49. The molecule has 4 fully saturated rings. The second-order valence-electron chi connectivity index (χ2n) is 12.7. The molecule has 218 valence electrons. The third-order valence-corrected chi connectivity index (χ3v) is 11.8. The lowest BCUT2D eigenvalue weighted by Crippen LogP contribution is -2.52. The monoisotopic (exact) mass is 628 g/mol. The molecular formula is C31H27Cl2FN2O5S. The molecule has 2 aromatic heterocycles. The fourth-order valence-electron chi connectivity index (χ4n) is 7.99. The number of thiazole rings is 1. The largest absolute Gasteiger partial charge is 0.478 e. The number of ether oxygens (including phenoxy) is 1. The van der Waals surface area contributed by atoms with Crippen LogP contribution in [0.1, 0.15) is 78.1 Å². The van der Waals surface area contributed by atoms with Crippen molar-refractivity contribution < 1.29 is 28.7 Å². The fraction of sp³-hybridized carbons (Fsp3) is 0.452. The van der Waals surface area contributed by atoms with Gasteiger partial charge in [0.15, 0.2) is 5.82 Å². The molecule has 2 heterocycles. The number of carbonyl (C=O) groups is 1. The maximum absolute atomic E-state index is 14.8. The van der Waals surface area contributed by atoms with Gasteiger partial charge < -0.3 is 19.5 Å². The van der Waals surface area contributed by atoms with Gasteiger partial charge in [-0.05, 0) is 81.5 Å². The molecule has 7 nitrogen and oxygen atoms in total. The normalized spacial score (nSPS) is 31.5. The van der Waals surface area contributed by atoms with Crippen molar-refractivity contribution in [2.24, 2.45) is 17.3 Å². The van der Waals surface area contributed by atoms with Crippen LogP contribution in [-0.4, -0.2) is 31.9 Å². The van der Waals surface area contributed by atoms with Gasteiger partial charge in [-0.25, -0.2) is 14.2 Å². The van der Waals surface area contributed by atoms with Gasteiger partial charge in [-0.1, -0.05) is 34.4 Å². The number of nitrogens with zero attached hydrogens (tertiary/aromatic N) is 2. The smallest absolute Gasteiger partial charge is 0.335 e. The average molecular weight is 630 g/mol. The SMILES string of the molecule is CC1(OCc2c(-c3c(Cl)cccc3Cl)noc2C2CC2)C[C@H]2CC3CC3(C1)[C@]2(O)c1nc2c(F)cc(C(=O)O)cc2s1. The number of rotatable bonds is 7. The number of halogens is 3. The van der Waals surface area contributed by atoms with Crippen LogP contribution in [0.25, 0.3) is 21.5 Å². The van der Waals surface area contributed by atoms with Crippen LogP contribution in [-0.2, 0) is 16.9 Å². The van der Waals surface area contributed by atoms with Crippen molar-refractivity contribution in [2.45, 2.75) is 69.2 Å². The number of aliphatic hydroxyl groups is 1. The van der Waals surface area contributed by atoms with Crippen molar-refractivity contribution in [1.29, 1.82) is 0 Å². The summed E-state index contributed by atoms with van der Waals surface area (Å²) in [4.78, 5) is 16.1. The van der Waals surface area contributed by atoms with E-state index in [0.29, 0.717) is 55.7 Å². The number of carboxylic acid groups (broad SMARTS) is 1. The Hall–Kier alpha value is -2.56. The van der Waals surface area contributed by atoms with Crippen LogP contribution < -0.4 is 0 Å². The van der Waals surface area contributed by atoms with Crippen LogP contribution in [0.3, 0.4) is 0 Å². The van der Waals surface area contributed by atoms with Gasteiger partial charge in [-0.2, -0.15) is 0 Å². The molecular weight excluding hydrogens is 602 g/mol. The van der Waals surface area contributed by atoms with E-state index >= 15 is 0 Å². The quantitative estimate of drug-likeness (QED) is 0.214. The summed E-state index contributed by atoms with van der Waals surface area (Å²) in [5, 5.41) is 27.6. The first-order valence-corrected chi connectivity index (χ1v) is 15.7. The maximum Gasteiger partial charge on any atom is 0.335 e. The second kappa shape index (κ2) is 8.99. The number of benzene rings is 2. The van der Waals surface area contributed by atoms with E-state index in [2.05, 4.69) is 17.1 Å². The van der Waals surface area contributed by atoms with Crippen molar-refractivity contribution in [1.82, 2.24) is 10.1 Å². The molecule has 0 aliphatic heterocycles. The molecule has 0 amide bonds. The van der Waals surface area contributed by atoms with Gasteiger partial charge in [0.05, 0.1) is 32.5 Å². The fourth-order valence-corrected chi connectivity index (χ4v) is 9.86. The number of hydrogen-bond donors (Lipinski definition) is 2. The van der Waals surface area contributed by atoms with Crippen LogP contribution in [0.4, 0.5) is 4.39 Å². The molecule has 2 aromatic carbocycles. The Morgan fingerprint density at radius 2 is 1.98 bits per heavy atom. The Kier molecular flexibility index (Phi) is 5.78. The van der Waals surface area contributed by atoms with Gasteiger partial charge in [-0.3, -0.25) is 0 Å². The van der Waals surface area contributed by atoms with Crippen LogP contribution in [0, 0.1) is 23.1 Å². The molecule has 11 heteroatoms. The Morgan fingerprint density at radius 3 is 2.67 bits per heavy atom. The standard InChI is InChI=1S/C31H27Cl2FN2O5S/c1-29(40-12-18-24(36-41-26(18)14-5-6-14)23-19(32)3-2-4-20(23)33)10-17-9-16-11-30(16,13-29)31(17,39)28-35-25-21(34)7-15(27(37)38)8-22(25)42-28/h2-4,7-8,14,16-17,39H,5-6,9-13H2,1H3,(H,37,38)/t16?,17-,29?,30?,31-/m1/s1. The van der Waals surface area contributed by atoms with Crippen molar-refractivity contribution in [2.75, 3.05) is 0 Å². The number of aromatic carboxylic acids is 1. The summed E-state index contributed by atoms with van der Waals surface area (Å²) in [5.41, 5.74) is -0.0896. The number of hydrogen-bond acceptors (Lipinski definition) is 7. The van der Waals surface area contributed by atoms with Crippen molar-refractivity contribution >= 4 is 50.7 Å². The molecule has 5 atom stereocenters. The van der Waals surface area contributed by atoms with E-state index in [1.807, 2.05) is 0 Å². The molecule has 3 unspecified atom stereocenters. The predicted molar refractivity (Wildman–Crippen MR) is 155 cm³/mol. The highest BCUT2D eigenvalue weighted by Crippen LogP contribution is 2.80. The highest BCUT2D eigenvalue weighted by atomic mass is 35.5. The minimum absolute atomic E-state index is 0.108. The van der Waals surface area contributed by atoms with E-state index in [9.17, 15) is 19.4 Å². The molecule has 1 spiro atoms. The first-order chi connectivity index (χ1) is 20.0. The Morgan fingerprint density at radius 1 is 1.21 bits per heavy atom. The topological polar surface area (TPSA) is 106 Å². The van der Waals surface area contributed by atoms with Crippen LogP contribution in [0.2, 0.25) is 10.0 Å². The summed E-state index contributed by atoms with van der Waals surface area (Å²) < 4.78 is 27.9. The zero-order chi connectivity index (χ0) is 29.2. The number of aromatic nitrogens is 2. The maximum atomic E-state index is 14.8. The van der Waals surface area contributed by atoms with Crippen LogP contribution in [0.5, 0.6) is 0 Å². The summed E-state index contributed by atoms with van der Waals surface area (Å²) >= 11 is 14.3. The molecule has 0 radical (unpaired) electrons. The van der Waals surface area contributed by atoms with E-state index in [1.54, 1.807) is 18.2 Å². The molecule has 4 aromatic rings. The van der Waals surface area contributed by atoms with Gasteiger partial charge in [-0.15, -0.1) is 11.3 Å². The van der Waals surface area contributed by atoms with E-state index in [4.69, 9.17) is 32.5 Å². The summed E-state index contributed by atoms with van der Waals surface area (Å²) in [5.74, 6) is -0.557. The summed E-state index contributed by atoms with van der Waals surface area (Å²) in [7, 11) is 0. The third kappa shape index (κ3) is 3.80.